The Morgan fingerprint density at radius 3 is 3.11 bits per heavy atom. The molecule has 5 heteroatoms. The third-order valence-corrected chi connectivity index (χ3v) is 5.65. The van der Waals surface area contributed by atoms with Gasteiger partial charge in [0, 0.05) is 17.8 Å². The normalized spacial score (nSPS) is 20.3. The molecule has 102 valence electrons. The molecular weight excluding hydrogens is 322 g/mol. The van der Waals surface area contributed by atoms with E-state index < -0.39 is 0 Å². The topological polar surface area (TPSA) is 29.9 Å². The molecule has 0 saturated heterocycles. The summed E-state index contributed by atoms with van der Waals surface area (Å²) < 4.78 is 3.07. The van der Waals surface area contributed by atoms with E-state index in [0.717, 1.165) is 4.47 Å². The maximum Gasteiger partial charge on any atom is 0.0698 e. The van der Waals surface area contributed by atoms with Crippen LogP contribution in [0.5, 0.6) is 0 Å². The molecule has 3 nitrogen and oxygen atoms in total. The highest BCUT2D eigenvalue weighted by atomic mass is 79.9. The van der Waals surface area contributed by atoms with Gasteiger partial charge < -0.3 is 5.32 Å². The van der Waals surface area contributed by atoms with Crippen molar-refractivity contribution in [1.29, 1.82) is 0 Å². The van der Waals surface area contributed by atoms with E-state index >= 15 is 0 Å². The van der Waals surface area contributed by atoms with E-state index in [-0.39, 0.29) is 0 Å². The summed E-state index contributed by atoms with van der Waals surface area (Å²) in [4.78, 5) is 1.56. The van der Waals surface area contributed by atoms with Crippen LogP contribution in [-0.4, -0.2) is 16.8 Å². The molecule has 2 atom stereocenters. The van der Waals surface area contributed by atoms with Crippen LogP contribution in [0.2, 0.25) is 0 Å². The van der Waals surface area contributed by atoms with Crippen LogP contribution < -0.4 is 5.32 Å². The standard InChI is InChI=1S/C14H18BrN3S/c1-16-13(14-11(15)8-17-18(14)2)10-4-3-5-12-9(10)6-7-19-12/h6-8,10,13,16H,3-5H2,1-2H3. The van der Waals surface area contributed by atoms with E-state index in [0.29, 0.717) is 12.0 Å². The minimum atomic E-state index is 0.315. The first-order valence-corrected chi connectivity index (χ1v) is 8.30. The van der Waals surface area contributed by atoms with E-state index in [4.69, 9.17) is 0 Å². The smallest absolute Gasteiger partial charge is 0.0698 e. The molecule has 2 aromatic rings. The summed E-state index contributed by atoms with van der Waals surface area (Å²) in [6.45, 7) is 0. The van der Waals surface area contributed by atoms with Gasteiger partial charge in [-0.1, -0.05) is 0 Å². The molecule has 0 amide bonds. The summed E-state index contributed by atoms with van der Waals surface area (Å²) in [5.41, 5.74) is 2.77. The number of nitrogens with zero attached hydrogens (tertiary/aromatic N) is 2. The Balaban J connectivity index is 2.01. The second-order valence-corrected chi connectivity index (χ2v) is 6.92. The van der Waals surface area contributed by atoms with Crippen molar-refractivity contribution in [2.24, 2.45) is 7.05 Å². The number of halogens is 1. The third-order valence-electron chi connectivity index (χ3n) is 4.04. The average Bonchev–Trinajstić information content (AvgIpc) is 3.01. The Kier molecular flexibility index (Phi) is 3.78. The molecule has 0 bridgehead atoms. The Morgan fingerprint density at radius 2 is 2.42 bits per heavy atom. The SMILES string of the molecule is CNC(c1c(Br)cnn1C)C1CCCc2sccc21. The fourth-order valence-electron chi connectivity index (χ4n) is 3.17. The lowest BCUT2D eigenvalue weighted by molar-refractivity contribution is 0.406. The predicted molar refractivity (Wildman–Crippen MR) is 82.7 cm³/mol. The van der Waals surface area contributed by atoms with Crippen molar-refractivity contribution in [3.63, 3.8) is 0 Å². The molecule has 2 heterocycles. The first-order valence-electron chi connectivity index (χ1n) is 6.63. The van der Waals surface area contributed by atoms with Crippen LogP contribution in [0.15, 0.2) is 22.1 Å². The molecule has 3 rings (SSSR count). The highest BCUT2D eigenvalue weighted by Gasteiger charge is 2.31. The van der Waals surface area contributed by atoms with Gasteiger partial charge in [0.1, 0.15) is 0 Å². The van der Waals surface area contributed by atoms with E-state index in [1.165, 1.54) is 30.5 Å². The van der Waals surface area contributed by atoms with Crippen molar-refractivity contribution in [3.05, 3.63) is 38.3 Å². The molecule has 2 unspecified atom stereocenters. The fourth-order valence-corrected chi connectivity index (χ4v) is 4.76. The molecule has 0 radical (unpaired) electrons. The molecule has 2 aromatic heterocycles. The maximum atomic E-state index is 4.36. The Hall–Kier alpha value is -0.650. The molecule has 0 saturated carbocycles. The molecule has 0 spiro atoms. The lowest BCUT2D eigenvalue weighted by Crippen LogP contribution is -2.28. The predicted octanol–water partition coefficient (Wildman–Crippen LogP) is 3.62. The van der Waals surface area contributed by atoms with Crippen LogP contribution in [0.4, 0.5) is 0 Å². The summed E-state index contributed by atoms with van der Waals surface area (Å²) >= 11 is 5.54. The van der Waals surface area contributed by atoms with E-state index in [9.17, 15) is 0 Å². The Bertz CT molecular complexity index is 556. The van der Waals surface area contributed by atoms with Crippen molar-refractivity contribution in [3.8, 4) is 0 Å². The number of aryl methyl sites for hydroxylation is 2. The summed E-state index contributed by atoms with van der Waals surface area (Å²) in [7, 11) is 4.06. The first-order chi connectivity index (χ1) is 9.22. The van der Waals surface area contributed by atoms with Crippen molar-refractivity contribution in [1.82, 2.24) is 15.1 Å². The van der Waals surface area contributed by atoms with Crippen LogP contribution in [0, 0.1) is 0 Å². The molecule has 1 aliphatic rings. The van der Waals surface area contributed by atoms with Gasteiger partial charge in [0.15, 0.2) is 0 Å². The molecular formula is C14H18BrN3S. The average molecular weight is 340 g/mol. The fraction of sp³-hybridized carbons (Fsp3) is 0.500. The van der Waals surface area contributed by atoms with Crippen molar-refractivity contribution >= 4 is 27.3 Å². The molecule has 1 N–H and O–H groups in total. The summed E-state index contributed by atoms with van der Waals surface area (Å²) in [5.74, 6) is 0.548. The van der Waals surface area contributed by atoms with Gasteiger partial charge in [-0.15, -0.1) is 11.3 Å². The summed E-state index contributed by atoms with van der Waals surface area (Å²) in [6, 6.07) is 2.62. The van der Waals surface area contributed by atoms with Crippen molar-refractivity contribution in [2.75, 3.05) is 7.05 Å². The number of likely N-dealkylation sites (N-methyl/N-ethyl adjacent to an activating group) is 1. The minimum Gasteiger partial charge on any atom is -0.311 e. The third kappa shape index (κ3) is 2.28. The second-order valence-electron chi connectivity index (χ2n) is 5.07. The van der Waals surface area contributed by atoms with Crippen LogP contribution in [-0.2, 0) is 13.5 Å². The lowest BCUT2D eigenvalue weighted by Gasteiger charge is -2.31. The number of thiophene rings is 1. The zero-order valence-corrected chi connectivity index (χ0v) is 13.6. The van der Waals surface area contributed by atoms with Crippen LogP contribution in [0.25, 0.3) is 0 Å². The van der Waals surface area contributed by atoms with Crippen LogP contribution >= 0.6 is 27.3 Å². The molecule has 0 aromatic carbocycles. The van der Waals surface area contributed by atoms with Gasteiger partial charge in [0.05, 0.1) is 22.4 Å². The number of hydrogen-bond donors (Lipinski definition) is 1. The number of hydrogen-bond acceptors (Lipinski definition) is 3. The lowest BCUT2D eigenvalue weighted by atomic mass is 9.81. The molecule has 19 heavy (non-hydrogen) atoms. The quantitative estimate of drug-likeness (QED) is 0.925. The summed E-state index contributed by atoms with van der Waals surface area (Å²) in [6.07, 6.45) is 5.65. The van der Waals surface area contributed by atoms with E-state index in [1.54, 1.807) is 4.88 Å². The summed E-state index contributed by atoms with van der Waals surface area (Å²) in [5, 5.41) is 10.1. The van der Waals surface area contributed by atoms with Gasteiger partial charge in [0.2, 0.25) is 0 Å². The van der Waals surface area contributed by atoms with Gasteiger partial charge in [-0.25, -0.2) is 0 Å². The van der Waals surface area contributed by atoms with Gasteiger partial charge in [-0.3, -0.25) is 4.68 Å². The number of fused-ring (bicyclic) bond motifs is 1. The number of nitrogens with one attached hydrogen (secondary N) is 1. The van der Waals surface area contributed by atoms with E-state index in [1.807, 2.05) is 36.3 Å². The van der Waals surface area contributed by atoms with Crippen LogP contribution in [0.3, 0.4) is 0 Å². The highest BCUT2D eigenvalue weighted by molar-refractivity contribution is 9.10. The maximum absolute atomic E-state index is 4.36. The minimum absolute atomic E-state index is 0.315. The zero-order valence-electron chi connectivity index (χ0n) is 11.2. The van der Waals surface area contributed by atoms with Crippen molar-refractivity contribution in [2.45, 2.75) is 31.2 Å². The monoisotopic (exact) mass is 339 g/mol. The highest BCUT2D eigenvalue weighted by Crippen LogP contribution is 2.43. The van der Waals surface area contributed by atoms with Gasteiger partial charge in [-0.05, 0) is 59.2 Å². The second kappa shape index (κ2) is 5.38. The zero-order chi connectivity index (χ0) is 13.4. The van der Waals surface area contributed by atoms with E-state index in [2.05, 4.69) is 37.8 Å². The van der Waals surface area contributed by atoms with Crippen LogP contribution in [0.1, 0.15) is 40.9 Å². The van der Waals surface area contributed by atoms with Crippen molar-refractivity contribution < 1.29 is 0 Å². The van der Waals surface area contributed by atoms with Gasteiger partial charge >= 0.3 is 0 Å². The van der Waals surface area contributed by atoms with Gasteiger partial charge in [-0.2, -0.15) is 5.10 Å². The number of rotatable bonds is 3. The molecule has 1 aliphatic carbocycles. The Labute approximate surface area is 126 Å². The molecule has 0 fully saturated rings. The Morgan fingerprint density at radius 1 is 1.58 bits per heavy atom. The first kappa shape index (κ1) is 13.3. The largest absolute Gasteiger partial charge is 0.311 e. The van der Waals surface area contributed by atoms with Gasteiger partial charge in [0.25, 0.3) is 0 Å². The number of aromatic nitrogens is 2. The molecule has 0 aliphatic heterocycles.